The number of ether oxygens (including phenoxy) is 1. The number of nitrogens with zero attached hydrogens (tertiary/aromatic N) is 1. The molecule has 0 fully saturated rings. The molecular formula is C19H13NO3. The topological polar surface area (TPSA) is 51.8 Å². The Balaban J connectivity index is 1.72. The highest BCUT2D eigenvalue weighted by atomic mass is 16.6. The number of hydrogen-bond acceptors (Lipinski definition) is 4. The first-order chi connectivity index (χ1) is 11.2. The van der Waals surface area contributed by atoms with Gasteiger partial charge in [0.25, 0.3) is 0 Å². The van der Waals surface area contributed by atoms with Crippen molar-refractivity contribution in [2.45, 2.75) is 6.92 Å². The summed E-state index contributed by atoms with van der Waals surface area (Å²) >= 11 is 0. The van der Waals surface area contributed by atoms with Gasteiger partial charge in [0.15, 0.2) is 5.70 Å². The van der Waals surface area contributed by atoms with Gasteiger partial charge < -0.3 is 9.15 Å². The van der Waals surface area contributed by atoms with Crippen LogP contribution in [-0.2, 0) is 9.53 Å². The van der Waals surface area contributed by atoms with Crippen molar-refractivity contribution >= 4 is 28.9 Å². The van der Waals surface area contributed by atoms with Crippen LogP contribution in [0.25, 0.3) is 17.0 Å². The lowest BCUT2D eigenvalue weighted by Gasteiger charge is -1.99. The minimum absolute atomic E-state index is 0.237. The molecule has 0 unspecified atom stereocenters. The number of carbonyl (C=O) groups excluding carboxylic acids is 1. The molecule has 0 N–H and O–H groups in total. The highest BCUT2D eigenvalue weighted by Gasteiger charge is 2.24. The minimum atomic E-state index is -0.470. The van der Waals surface area contributed by atoms with Gasteiger partial charge in [0.1, 0.15) is 11.3 Å². The number of furan rings is 1. The number of para-hydroxylation sites is 1. The van der Waals surface area contributed by atoms with Crippen molar-refractivity contribution < 1.29 is 13.9 Å². The zero-order chi connectivity index (χ0) is 15.8. The zero-order valence-corrected chi connectivity index (χ0v) is 12.4. The third-order valence-electron chi connectivity index (χ3n) is 3.61. The number of fused-ring (bicyclic) bond motifs is 1. The molecule has 4 heteroatoms. The van der Waals surface area contributed by atoms with Gasteiger partial charge in [-0.1, -0.05) is 35.9 Å². The molecule has 23 heavy (non-hydrogen) atoms. The Kier molecular flexibility index (Phi) is 3.08. The largest absolute Gasteiger partial charge is 0.457 e. The van der Waals surface area contributed by atoms with E-state index in [1.165, 1.54) is 0 Å². The van der Waals surface area contributed by atoms with Crippen LogP contribution in [0.5, 0.6) is 0 Å². The summed E-state index contributed by atoms with van der Waals surface area (Å²) in [5, 5.41) is 0.980. The van der Waals surface area contributed by atoms with Crippen molar-refractivity contribution in [3.63, 3.8) is 0 Å². The molecule has 0 saturated carbocycles. The summed E-state index contributed by atoms with van der Waals surface area (Å²) in [6.07, 6.45) is 1.60. The molecule has 0 bridgehead atoms. The van der Waals surface area contributed by atoms with E-state index in [1.54, 1.807) is 6.08 Å². The Bertz CT molecular complexity index is 946. The van der Waals surface area contributed by atoms with Gasteiger partial charge in [0.2, 0.25) is 5.90 Å². The zero-order valence-electron chi connectivity index (χ0n) is 12.4. The lowest BCUT2D eigenvalue weighted by Crippen LogP contribution is -2.05. The van der Waals surface area contributed by atoms with Gasteiger partial charge >= 0.3 is 5.97 Å². The molecule has 4 nitrogen and oxygen atoms in total. The number of esters is 1. The smallest absolute Gasteiger partial charge is 0.363 e. The number of aliphatic imine (C=N–C) groups is 1. The van der Waals surface area contributed by atoms with Crippen molar-refractivity contribution in [1.29, 1.82) is 0 Å². The van der Waals surface area contributed by atoms with Crippen LogP contribution in [0, 0.1) is 6.92 Å². The maximum absolute atomic E-state index is 12.0. The second-order valence-electron chi connectivity index (χ2n) is 5.39. The van der Waals surface area contributed by atoms with E-state index in [-0.39, 0.29) is 5.70 Å². The Labute approximate surface area is 132 Å². The van der Waals surface area contributed by atoms with Crippen molar-refractivity contribution in [3.8, 4) is 0 Å². The first kappa shape index (κ1) is 13.5. The fourth-order valence-electron chi connectivity index (χ4n) is 2.52. The average Bonchev–Trinajstić information content (AvgIpc) is 3.11. The summed E-state index contributed by atoms with van der Waals surface area (Å²) in [6.45, 7) is 1.98. The SMILES string of the molecule is Cc1cccc(C2=N/C(=C/c3cc4ccccc4o3)C(=O)O2)c1. The van der Waals surface area contributed by atoms with Gasteiger partial charge in [-0.2, -0.15) is 0 Å². The lowest BCUT2D eigenvalue weighted by molar-refractivity contribution is -0.129. The molecule has 1 aliphatic heterocycles. The predicted molar refractivity (Wildman–Crippen MR) is 88.0 cm³/mol. The number of carbonyl (C=O) groups is 1. The Morgan fingerprint density at radius 3 is 2.74 bits per heavy atom. The Hall–Kier alpha value is -3.14. The summed E-state index contributed by atoms with van der Waals surface area (Å²) in [5.74, 6) is 0.426. The van der Waals surface area contributed by atoms with Gasteiger partial charge in [-0.3, -0.25) is 0 Å². The molecule has 0 spiro atoms. The number of aryl methyl sites for hydroxylation is 1. The summed E-state index contributed by atoms with van der Waals surface area (Å²) in [7, 11) is 0. The number of hydrogen-bond donors (Lipinski definition) is 0. The molecule has 0 amide bonds. The first-order valence-corrected chi connectivity index (χ1v) is 7.27. The van der Waals surface area contributed by atoms with E-state index < -0.39 is 5.97 Å². The average molecular weight is 303 g/mol. The highest BCUT2D eigenvalue weighted by Crippen LogP contribution is 2.24. The quantitative estimate of drug-likeness (QED) is 0.529. The summed E-state index contributed by atoms with van der Waals surface area (Å²) in [5.41, 5.74) is 2.87. The second-order valence-corrected chi connectivity index (χ2v) is 5.39. The van der Waals surface area contributed by atoms with Gasteiger partial charge in [-0.25, -0.2) is 9.79 Å². The van der Waals surface area contributed by atoms with E-state index >= 15 is 0 Å². The van der Waals surface area contributed by atoms with E-state index in [4.69, 9.17) is 9.15 Å². The fourth-order valence-corrected chi connectivity index (χ4v) is 2.52. The molecule has 1 aliphatic rings. The molecule has 112 valence electrons. The van der Waals surface area contributed by atoms with Crippen molar-refractivity contribution in [2.24, 2.45) is 4.99 Å². The fraction of sp³-hybridized carbons (Fsp3) is 0.0526. The maximum Gasteiger partial charge on any atom is 0.363 e. The third-order valence-corrected chi connectivity index (χ3v) is 3.61. The number of rotatable bonds is 2. The van der Waals surface area contributed by atoms with Gasteiger partial charge in [-0.15, -0.1) is 0 Å². The summed E-state index contributed by atoms with van der Waals surface area (Å²) < 4.78 is 10.9. The molecule has 0 aliphatic carbocycles. The molecule has 2 aromatic carbocycles. The molecule has 4 rings (SSSR count). The minimum Gasteiger partial charge on any atom is -0.457 e. The van der Waals surface area contributed by atoms with E-state index in [0.717, 1.165) is 22.1 Å². The molecule has 3 aromatic rings. The van der Waals surface area contributed by atoms with Crippen LogP contribution in [0.1, 0.15) is 16.9 Å². The number of benzene rings is 2. The highest BCUT2D eigenvalue weighted by molar-refractivity contribution is 6.12. The third kappa shape index (κ3) is 2.55. The van der Waals surface area contributed by atoms with Crippen LogP contribution < -0.4 is 0 Å². The number of cyclic esters (lactones) is 1. The summed E-state index contributed by atoms with van der Waals surface area (Å²) in [6, 6.07) is 17.2. The molecule has 0 radical (unpaired) electrons. The monoisotopic (exact) mass is 303 g/mol. The predicted octanol–water partition coefficient (Wildman–Crippen LogP) is 4.09. The molecule has 0 atom stereocenters. The van der Waals surface area contributed by atoms with E-state index in [9.17, 15) is 4.79 Å². The standard InChI is InChI=1S/C19H13NO3/c1-12-5-4-7-14(9-12)18-20-16(19(21)23-18)11-15-10-13-6-2-3-8-17(13)22-15/h2-11H,1H3/b16-11+. The van der Waals surface area contributed by atoms with Crippen molar-refractivity contribution in [3.05, 3.63) is 77.2 Å². The normalized spacial score (nSPS) is 16.0. The Morgan fingerprint density at radius 2 is 1.91 bits per heavy atom. The van der Waals surface area contributed by atoms with Gasteiger partial charge in [0.05, 0.1) is 0 Å². The first-order valence-electron chi connectivity index (χ1n) is 7.27. The van der Waals surface area contributed by atoms with Crippen LogP contribution in [0.3, 0.4) is 0 Å². The van der Waals surface area contributed by atoms with Crippen LogP contribution in [-0.4, -0.2) is 11.9 Å². The van der Waals surface area contributed by atoms with Gasteiger partial charge in [0, 0.05) is 17.0 Å². The Morgan fingerprint density at radius 1 is 1.04 bits per heavy atom. The molecule has 0 saturated heterocycles. The molecular weight excluding hydrogens is 290 g/mol. The molecule has 1 aromatic heterocycles. The second kappa shape index (κ2) is 5.25. The van der Waals surface area contributed by atoms with Crippen molar-refractivity contribution in [2.75, 3.05) is 0 Å². The van der Waals surface area contributed by atoms with E-state index in [0.29, 0.717) is 11.7 Å². The van der Waals surface area contributed by atoms with E-state index in [1.807, 2.05) is 61.5 Å². The van der Waals surface area contributed by atoms with E-state index in [2.05, 4.69) is 4.99 Å². The van der Waals surface area contributed by atoms with Crippen LogP contribution in [0.2, 0.25) is 0 Å². The van der Waals surface area contributed by atoms with Gasteiger partial charge in [-0.05, 0) is 31.2 Å². The summed E-state index contributed by atoms with van der Waals surface area (Å²) in [4.78, 5) is 16.3. The van der Waals surface area contributed by atoms with Crippen molar-refractivity contribution in [1.82, 2.24) is 0 Å². The molecule has 2 heterocycles. The maximum atomic E-state index is 12.0. The van der Waals surface area contributed by atoms with Crippen LogP contribution >= 0.6 is 0 Å². The lowest BCUT2D eigenvalue weighted by atomic mass is 10.1. The van der Waals surface area contributed by atoms with Crippen LogP contribution in [0.15, 0.2) is 69.7 Å². The van der Waals surface area contributed by atoms with Crippen LogP contribution in [0.4, 0.5) is 0 Å².